The highest BCUT2D eigenvalue weighted by atomic mass is 35.5. The lowest BCUT2D eigenvalue weighted by atomic mass is 9.85. The fourth-order valence-corrected chi connectivity index (χ4v) is 7.58. The van der Waals surface area contributed by atoms with Gasteiger partial charge in [-0.15, -0.1) is 49.6 Å². The predicted molar refractivity (Wildman–Crippen MR) is 198 cm³/mol. The molecule has 2 fully saturated rings. The van der Waals surface area contributed by atoms with Crippen molar-refractivity contribution in [2.75, 3.05) is 80.7 Å². The molecule has 6 rings (SSSR count). The summed E-state index contributed by atoms with van der Waals surface area (Å²) in [6.45, 7) is 9.13. The van der Waals surface area contributed by atoms with Crippen molar-refractivity contribution in [2.24, 2.45) is 0 Å². The second-order valence-corrected chi connectivity index (χ2v) is 12.6. The van der Waals surface area contributed by atoms with Crippen molar-refractivity contribution in [1.29, 1.82) is 0 Å². The van der Waals surface area contributed by atoms with Gasteiger partial charge in [-0.2, -0.15) is 0 Å². The first-order chi connectivity index (χ1) is 19.4. The lowest BCUT2D eigenvalue weighted by molar-refractivity contribution is 0.101. The van der Waals surface area contributed by atoms with Crippen molar-refractivity contribution in [1.82, 2.24) is 19.6 Å². The molecule has 2 atom stereocenters. The maximum atomic E-state index is 6.42. The van der Waals surface area contributed by atoms with Crippen molar-refractivity contribution in [3.63, 3.8) is 0 Å². The van der Waals surface area contributed by atoms with E-state index in [9.17, 15) is 0 Å². The maximum Gasteiger partial charge on any atom is 0.124 e. The molecule has 2 aromatic rings. The molecule has 0 amide bonds. The van der Waals surface area contributed by atoms with Gasteiger partial charge in [0, 0.05) is 85.6 Å². The molecule has 0 spiro atoms. The van der Waals surface area contributed by atoms with Crippen molar-refractivity contribution < 1.29 is 14.9 Å². The fraction of sp³-hybridized carbons (Fsp3) is 0.625. The number of hydrogen-bond donors (Lipinski definition) is 0. The van der Waals surface area contributed by atoms with Gasteiger partial charge in [0.25, 0.3) is 0 Å². The Morgan fingerprint density at radius 1 is 0.578 bits per heavy atom. The summed E-state index contributed by atoms with van der Waals surface area (Å²) in [6, 6.07) is 8.95. The van der Waals surface area contributed by atoms with Crippen LogP contribution in [0.4, 0.5) is 0 Å². The summed E-state index contributed by atoms with van der Waals surface area (Å²) >= 11 is 12.8. The van der Waals surface area contributed by atoms with Crippen LogP contribution in [0.2, 0.25) is 10.0 Å². The Labute approximate surface area is 305 Å². The molecule has 2 unspecified atom stereocenters. The van der Waals surface area contributed by atoms with Crippen LogP contribution in [-0.2, 0) is 12.8 Å². The maximum absolute atomic E-state index is 6.42. The SMILES string of the molecule is COc1ccc(Cl)c2c1C(N1CCN(C)CC1)CCC2.COc1ccc(Cl)c2c1C(N1CCN(C)CC1)CCC2.Cl.Cl.Cl.Cl.O. The molecule has 45 heavy (non-hydrogen) atoms. The molecule has 0 aromatic heterocycles. The summed E-state index contributed by atoms with van der Waals surface area (Å²) < 4.78 is 11.2. The Hall–Kier alpha value is -0.420. The van der Waals surface area contributed by atoms with Crippen LogP contribution < -0.4 is 9.47 Å². The Kier molecular flexibility index (Phi) is 20.6. The van der Waals surface area contributed by atoms with E-state index in [0.717, 1.165) is 86.7 Å². The number of nitrogens with zero attached hydrogens (tertiary/aromatic N) is 4. The summed E-state index contributed by atoms with van der Waals surface area (Å²) in [5.41, 5.74) is 5.30. The molecule has 2 saturated heterocycles. The van der Waals surface area contributed by atoms with Gasteiger partial charge >= 0.3 is 0 Å². The third-order valence-electron chi connectivity index (χ3n) is 9.39. The zero-order valence-corrected chi connectivity index (χ0v) is 31.6. The summed E-state index contributed by atoms with van der Waals surface area (Å²) in [6.07, 6.45) is 7.03. The average molecular weight is 754 g/mol. The van der Waals surface area contributed by atoms with Gasteiger partial charge in [0.15, 0.2) is 0 Å². The van der Waals surface area contributed by atoms with Gasteiger partial charge in [-0.25, -0.2) is 0 Å². The minimum atomic E-state index is 0. The van der Waals surface area contributed by atoms with E-state index in [0.29, 0.717) is 12.1 Å². The molecular formula is C32H52Cl6N4O3. The quantitative estimate of drug-likeness (QED) is 0.342. The third-order valence-corrected chi connectivity index (χ3v) is 10.1. The molecule has 7 nitrogen and oxygen atoms in total. The molecule has 0 bridgehead atoms. The smallest absolute Gasteiger partial charge is 0.124 e. The first kappa shape index (κ1) is 44.6. The first-order valence-corrected chi connectivity index (χ1v) is 15.7. The largest absolute Gasteiger partial charge is 0.496 e. The highest BCUT2D eigenvalue weighted by Crippen LogP contribution is 2.44. The zero-order chi connectivity index (χ0) is 28.2. The number of hydrogen-bond acceptors (Lipinski definition) is 6. The van der Waals surface area contributed by atoms with Crippen molar-refractivity contribution >= 4 is 72.8 Å². The van der Waals surface area contributed by atoms with Crippen molar-refractivity contribution in [2.45, 2.75) is 50.6 Å². The number of fused-ring (bicyclic) bond motifs is 2. The van der Waals surface area contributed by atoms with Gasteiger partial charge in [0.1, 0.15) is 11.5 Å². The molecule has 2 heterocycles. The van der Waals surface area contributed by atoms with Crippen LogP contribution in [0, 0.1) is 0 Å². The van der Waals surface area contributed by atoms with Crippen LogP contribution in [0.1, 0.15) is 60.0 Å². The summed E-state index contributed by atoms with van der Waals surface area (Å²) in [7, 11) is 7.92. The Balaban J connectivity index is 0.000000774. The number of halogens is 6. The number of methoxy groups -OCH3 is 2. The monoisotopic (exact) mass is 750 g/mol. The zero-order valence-electron chi connectivity index (χ0n) is 26.9. The van der Waals surface area contributed by atoms with E-state index in [1.54, 1.807) is 14.2 Å². The molecule has 4 aliphatic rings. The van der Waals surface area contributed by atoms with Gasteiger partial charge in [0.2, 0.25) is 0 Å². The van der Waals surface area contributed by atoms with Gasteiger partial charge < -0.3 is 24.7 Å². The van der Waals surface area contributed by atoms with Gasteiger partial charge in [-0.3, -0.25) is 9.80 Å². The third kappa shape index (κ3) is 10.3. The van der Waals surface area contributed by atoms with Gasteiger partial charge in [-0.05, 0) is 88.0 Å². The van der Waals surface area contributed by atoms with E-state index < -0.39 is 0 Å². The van der Waals surface area contributed by atoms with Crippen LogP contribution in [0.3, 0.4) is 0 Å². The number of ether oxygens (including phenoxy) is 2. The average Bonchev–Trinajstić information content (AvgIpc) is 2.99. The molecule has 0 radical (unpaired) electrons. The molecule has 0 saturated carbocycles. The molecule has 2 aliphatic carbocycles. The highest BCUT2D eigenvalue weighted by Gasteiger charge is 2.33. The van der Waals surface area contributed by atoms with Crippen LogP contribution in [0.25, 0.3) is 0 Å². The minimum Gasteiger partial charge on any atom is -0.496 e. The number of piperazine rings is 2. The molecular weight excluding hydrogens is 701 g/mol. The Bertz CT molecular complexity index is 1070. The topological polar surface area (TPSA) is 62.9 Å². The van der Waals surface area contributed by atoms with E-state index in [2.05, 4.69) is 33.7 Å². The van der Waals surface area contributed by atoms with E-state index in [1.165, 1.54) is 47.9 Å². The van der Waals surface area contributed by atoms with Crippen LogP contribution >= 0.6 is 72.8 Å². The fourth-order valence-electron chi connectivity index (χ4n) is 7.06. The molecule has 260 valence electrons. The summed E-state index contributed by atoms with van der Waals surface area (Å²) in [5, 5.41) is 1.80. The Morgan fingerprint density at radius 2 is 0.911 bits per heavy atom. The lowest BCUT2D eigenvalue weighted by Gasteiger charge is -2.41. The van der Waals surface area contributed by atoms with E-state index in [1.807, 2.05) is 24.3 Å². The second-order valence-electron chi connectivity index (χ2n) is 11.8. The van der Waals surface area contributed by atoms with Crippen LogP contribution in [-0.4, -0.2) is 106 Å². The molecule has 2 N–H and O–H groups in total. The highest BCUT2D eigenvalue weighted by molar-refractivity contribution is 6.31. The number of likely N-dealkylation sites (N-methyl/N-ethyl adjacent to an activating group) is 2. The molecule has 13 heteroatoms. The predicted octanol–water partition coefficient (Wildman–Crippen LogP) is 6.81. The van der Waals surface area contributed by atoms with Gasteiger partial charge in [-0.1, -0.05) is 23.2 Å². The van der Waals surface area contributed by atoms with Crippen LogP contribution in [0.5, 0.6) is 11.5 Å². The van der Waals surface area contributed by atoms with Gasteiger partial charge in [0.05, 0.1) is 14.2 Å². The van der Waals surface area contributed by atoms with E-state index >= 15 is 0 Å². The number of benzene rings is 2. The second kappa shape index (κ2) is 20.8. The van der Waals surface area contributed by atoms with E-state index in [4.69, 9.17) is 32.7 Å². The molecule has 2 aromatic carbocycles. The first-order valence-electron chi connectivity index (χ1n) is 15.0. The summed E-state index contributed by atoms with van der Waals surface area (Å²) in [4.78, 5) is 10.0. The lowest BCUT2D eigenvalue weighted by Crippen LogP contribution is -2.46. The minimum absolute atomic E-state index is 0. The normalized spacial score (nSPS) is 21.7. The van der Waals surface area contributed by atoms with Crippen molar-refractivity contribution in [3.05, 3.63) is 56.6 Å². The number of rotatable bonds is 4. The van der Waals surface area contributed by atoms with E-state index in [-0.39, 0.29) is 55.1 Å². The standard InChI is InChI=1S/2C16H23ClN2O.4ClH.H2O/c2*1-18-8-10-19(11-9-18)14-5-3-4-12-13(17)6-7-15(20-2)16(12)14;;;;;/h2*6-7,14H,3-5,8-11H2,1-2H3;4*1H;1H2. The Morgan fingerprint density at radius 3 is 1.22 bits per heavy atom. The van der Waals surface area contributed by atoms with Crippen LogP contribution in [0.15, 0.2) is 24.3 Å². The van der Waals surface area contributed by atoms with Crippen molar-refractivity contribution in [3.8, 4) is 11.5 Å². The molecule has 2 aliphatic heterocycles. The summed E-state index contributed by atoms with van der Waals surface area (Å²) in [5.74, 6) is 2.01.